The van der Waals surface area contributed by atoms with Crippen molar-refractivity contribution in [1.82, 2.24) is 4.57 Å². The molecule has 0 atom stereocenters. The number of fused-ring (bicyclic) bond motifs is 10. The van der Waals surface area contributed by atoms with Crippen LogP contribution in [0.1, 0.15) is 22.3 Å². The van der Waals surface area contributed by atoms with Gasteiger partial charge in [0.05, 0.1) is 16.4 Å². The Balaban J connectivity index is 1.34. The van der Waals surface area contributed by atoms with Crippen LogP contribution in [0, 0.1) is 0 Å². The molecule has 1 heteroatoms. The Morgan fingerprint density at radius 1 is 0.286 bits per heavy atom. The van der Waals surface area contributed by atoms with E-state index in [9.17, 15) is 0 Å². The third-order valence-electron chi connectivity index (χ3n) is 11.9. The second-order valence-electron chi connectivity index (χ2n) is 14.8. The number of benzene rings is 9. The van der Waals surface area contributed by atoms with Crippen molar-refractivity contribution in [2.45, 2.75) is 5.41 Å². The number of hydrogen-bond acceptors (Lipinski definition) is 0. The van der Waals surface area contributed by atoms with Crippen molar-refractivity contribution >= 4 is 43.4 Å². The Hall–Kier alpha value is -7.22. The molecule has 1 nitrogen and oxygen atoms in total. The highest BCUT2D eigenvalue weighted by atomic mass is 15.0. The zero-order valence-corrected chi connectivity index (χ0v) is 30.8. The highest BCUT2D eigenvalue weighted by Crippen LogP contribution is 2.56. The maximum Gasteiger partial charge on any atom is 0.0714 e. The molecule has 56 heavy (non-hydrogen) atoms. The first-order chi connectivity index (χ1) is 27.8. The van der Waals surface area contributed by atoms with Crippen LogP contribution < -0.4 is 0 Å². The smallest absolute Gasteiger partial charge is 0.0714 e. The van der Waals surface area contributed by atoms with Gasteiger partial charge in [0.2, 0.25) is 0 Å². The Morgan fingerprint density at radius 2 is 0.768 bits per heavy atom. The number of para-hydroxylation sites is 1. The van der Waals surface area contributed by atoms with Crippen LogP contribution in [0.15, 0.2) is 224 Å². The van der Waals surface area contributed by atoms with Crippen molar-refractivity contribution in [3.8, 4) is 27.9 Å². The predicted octanol–water partition coefficient (Wildman–Crippen LogP) is 14.2. The van der Waals surface area contributed by atoms with Gasteiger partial charge in [-0.2, -0.15) is 0 Å². The van der Waals surface area contributed by atoms with Gasteiger partial charge >= 0.3 is 0 Å². The summed E-state index contributed by atoms with van der Waals surface area (Å²) < 4.78 is 2.52. The van der Waals surface area contributed by atoms with E-state index in [4.69, 9.17) is 0 Å². The molecule has 10 aromatic rings. The molecule has 0 radical (unpaired) electrons. The Bertz CT molecular complexity index is 3130. The van der Waals surface area contributed by atoms with Gasteiger partial charge in [-0.15, -0.1) is 0 Å². The van der Waals surface area contributed by atoms with Gasteiger partial charge in [-0.05, 0) is 96.4 Å². The topological polar surface area (TPSA) is 4.93 Å². The Morgan fingerprint density at radius 3 is 1.43 bits per heavy atom. The first-order valence-corrected chi connectivity index (χ1v) is 19.4. The minimum absolute atomic E-state index is 0.511. The van der Waals surface area contributed by atoms with Crippen molar-refractivity contribution in [1.29, 1.82) is 0 Å². The van der Waals surface area contributed by atoms with E-state index in [0.29, 0.717) is 0 Å². The summed E-state index contributed by atoms with van der Waals surface area (Å²) in [5, 5.41) is 7.26. The van der Waals surface area contributed by atoms with Gasteiger partial charge in [-0.25, -0.2) is 0 Å². The highest BCUT2D eigenvalue weighted by Gasteiger charge is 2.46. The van der Waals surface area contributed by atoms with E-state index in [2.05, 4.69) is 229 Å². The highest BCUT2D eigenvalue weighted by molar-refractivity contribution is 6.19. The Kier molecular flexibility index (Phi) is 7.47. The summed E-state index contributed by atoms with van der Waals surface area (Å²) in [7, 11) is 0. The van der Waals surface area contributed by atoms with Crippen molar-refractivity contribution in [2.75, 3.05) is 0 Å². The maximum absolute atomic E-state index is 2.52. The molecule has 0 saturated carbocycles. The molecule has 1 aromatic heterocycles. The third kappa shape index (κ3) is 4.81. The van der Waals surface area contributed by atoms with E-state index in [0.717, 1.165) is 16.7 Å². The normalized spacial score (nSPS) is 12.8. The van der Waals surface area contributed by atoms with Gasteiger partial charge in [0.15, 0.2) is 0 Å². The molecule has 1 aliphatic rings. The average Bonchev–Trinajstić information content (AvgIpc) is 3.59. The average molecular weight is 712 g/mol. The molecule has 0 bridgehead atoms. The number of hydrogen-bond donors (Lipinski definition) is 0. The van der Waals surface area contributed by atoms with Crippen LogP contribution in [0.5, 0.6) is 0 Å². The van der Waals surface area contributed by atoms with Crippen LogP contribution in [0.25, 0.3) is 71.3 Å². The predicted molar refractivity (Wildman–Crippen MR) is 236 cm³/mol. The number of rotatable bonds is 4. The summed E-state index contributed by atoms with van der Waals surface area (Å²) in [6, 6.07) is 82.9. The zero-order valence-electron chi connectivity index (χ0n) is 30.8. The van der Waals surface area contributed by atoms with Crippen LogP contribution in [-0.4, -0.2) is 4.57 Å². The first-order valence-electron chi connectivity index (χ1n) is 19.4. The van der Waals surface area contributed by atoms with Crippen LogP contribution in [0.2, 0.25) is 0 Å². The molecular weight excluding hydrogens is 675 g/mol. The van der Waals surface area contributed by atoms with E-state index in [1.165, 1.54) is 76.8 Å². The number of aromatic nitrogens is 1. The minimum atomic E-state index is -0.511. The monoisotopic (exact) mass is 711 g/mol. The summed E-state index contributed by atoms with van der Waals surface area (Å²) in [5.41, 5.74) is 12.9. The molecule has 0 amide bonds. The van der Waals surface area contributed by atoms with Gasteiger partial charge in [0.25, 0.3) is 0 Å². The molecule has 0 unspecified atom stereocenters. The molecule has 1 heterocycles. The fraction of sp³-hybridized carbons (Fsp3) is 0.0182. The lowest BCUT2D eigenvalue weighted by Crippen LogP contribution is -2.28. The van der Waals surface area contributed by atoms with Crippen LogP contribution in [0.4, 0.5) is 0 Å². The lowest BCUT2D eigenvalue weighted by atomic mass is 9.67. The van der Waals surface area contributed by atoms with Gasteiger partial charge in [-0.3, -0.25) is 0 Å². The quantitative estimate of drug-likeness (QED) is 0.171. The van der Waals surface area contributed by atoms with E-state index < -0.39 is 5.41 Å². The molecular formula is C55H37N. The van der Waals surface area contributed by atoms with Crippen molar-refractivity contribution in [3.05, 3.63) is 247 Å². The molecule has 11 rings (SSSR count). The van der Waals surface area contributed by atoms with Gasteiger partial charge in [0.1, 0.15) is 0 Å². The van der Waals surface area contributed by atoms with Crippen molar-refractivity contribution in [2.24, 2.45) is 0 Å². The summed E-state index contributed by atoms with van der Waals surface area (Å²) in [6.07, 6.45) is 0. The van der Waals surface area contributed by atoms with Crippen LogP contribution in [0.3, 0.4) is 0 Å². The second-order valence-corrected chi connectivity index (χ2v) is 14.8. The van der Waals surface area contributed by atoms with Crippen molar-refractivity contribution < 1.29 is 0 Å². The van der Waals surface area contributed by atoms with Gasteiger partial charge in [-0.1, -0.05) is 194 Å². The minimum Gasteiger partial charge on any atom is -0.309 e. The van der Waals surface area contributed by atoms with Crippen LogP contribution in [-0.2, 0) is 5.41 Å². The summed E-state index contributed by atoms with van der Waals surface area (Å²) in [4.78, 5) is 0. The third-order valence-corrected chi connectivity index (χ3v) is 11.9. The van der Waals surface area contributed by atoms with E-state index >= 15 is 0 Å². The van der Waals surface area contributed by atoms with Gasteiger partial charge < -0.3 is 4.57 Å². The van der Waals surface area contributed by atoms with Crippen molar-refractivity contribution in [3.63, 3.8) is 0 Å². The summed E-state index contributed by atoms with van der Waals surface area (Å²) in [6.45, 7) is 0. The maximum atomic E-state index is 2.52. The van der Waals surface area contributed by atoms with Crippen LogP contribution >= 0.6 is 0 Å². The molecule has 0 saturated heterocycles. The molecule has 0 fully saturated rings. The van der Waals surface area contributed by atoms with E-state index in [1.54, 1.807) is 0 Å². The molecule has 1 aliphatic carbocycles. The lowest BCUT2D eigenvalue weighted by Gasteiger charge is -2.34. The SMILES string of the molecule is c1ccc(-c2ccc3c(c2)c2ccccc2c2ccccc2c2ccccc2n3-c2ccc3c(c2)C(c2ccccc2)(c2ccccc2)c2ccccc2-3)cc1. The standard InChI is InChI=1S/C55H37N/c1-4-18-38(19-5-1)39-32-35-54-50(36-39)46-27-13-11-25-44(46)43-24-10-12-26-45(43)49-29-15-17-31-53(49)56(54)42-33-34-48-47-28-14-16-30-51(47)55(52(48)37-42,40-20-6-2-7-21-40)41-22-8-3-9-23-41/h1-37H. The fourth-order valence-electron chi connectivity index (χ4n) is 9.54. The first kappa shape index (κ1) is 32.2. The molecule has 0 spiro atoms. The summed E-state index contributed by atoms with van der Waals surface area (Å²) >= 11 is 0. The number of nitrogens with zero attached hydrogens (tertiary/aromatic N) is 1. The molecule has 262 valence electrons. The van der Waals surface area contributed by atoms with Gasteiger partial charge in [0, 0.05) is 16.5 Å². The molecule has 9 aromatic carbocycles. The second kappa shape index (κ2) is 13.0. The zero-order chi connectivity index (χ0) is 37.1. The summed E-state index contributed by atoms with van der Waals surface area (Å²) in [5.74, 6) is 0. The lowest BCUT2D eigenvalue weighted by molar-refractivity contribution is 0.767. The largest absolute Gasteiger partial charge is 0.309 e. The molecule has 0 aliphatic heterocycles. The van der Waals surface area contributed by atoms with E-state index in [1.807, 2.05) is 0 Å². The fourth-order valence-corrected chi connectivity index (χ4v) is 9.54. The molecule has 0 N–H and O–H groups in total. The Labute approximate surface area is 326 Å². The van der Waals surface area contributed by atoms with E-state index in [-0.39, 0.29) is 0 Å².